The topological polar surface area (TPSA) is 35.9 Å². The molecule has 1 aromatic carbocycles. The summed E-state index contributed by atoms with van der Waals surface area (Å²) in [6, 6.07) is 2.73. The lowest BCUT2D eigenvalue weighted by atomic mass is 10.0. The summed E-state index contributed by atoms with van der Waals surface area (Å²) >= 11 is 0. The van der Waals surface area contributed by atoms with E-state index in [1.807, 2.05) is 0 Å². The minimum atomic E-state index is -0.638. The van der Waals surface area contributed by atoms with Gasteiger partial charge in [-0.25, -0.2) is 18.6 Å². The first-order valence-corrected chi connectivity index (χ1v) is 6.72. The van der Waals surface area contributed by atoms with Crippen LogP contribution in [0, 0.1) is 11.6 Å². The summed E-state index contributed by atoms with van der Waals surface area (Å²) in [4.78, 5) is 14.1. The summed E-state index contributed by atoms with van der Waals surface area (Å²) < 4.78 is 26.6. The Morgan fingerprint density at radius 3 is 2.45 bits per heavy atom. The number of hydrogen-bond acceptors (Lipinski definition) is 2. The standard InChI is InChI=1S/C14H15F2N3O/c15-11-7-10(8-12(16)9-11)13-3-4-17-19(13)14(20)18-5-1-2-6-18/h4,7-9,13H,1-3,5-6H2/t13-/m0/s1. The van der Waals surface area contributed by atoms with Crippen LogP contribution in [-0.2, 0) is 0 Å². The summed E-state index contributed by atoms with van der Waals surface area (Å²) in [6.07, 6.45) is 4.06. The van der Waals surface area contributed by atoms with Gasteiger partial charge in [0.2, 0.25) is 0 Å². The molecule has 4 nitrogen and oxygen atoms in total. The van der Waals surface area contributed by atoms with Gasteiger partial charge < -0.3 is 4.90 Å². The number of nitrogens with zero attached hydrogens (tertiary/aromatic N) is 3. The van der Waals surface area contributed by atoms with Crippen LogP contribution in [0.15, 0.2) is 23.3 Å². The Morgan fingerprint density at radius 1 is 1.15 bits per heavy atom. The quantitative estimate of drug-likeness (QED) is 0.778. The molecule has 0 aliphatic carbocycles. The second-order valence-electron chi connectivity index (χ2n) is 5.07. The zero-order valence-corrected chi connectivity index (χ0v) is 10.9. The zero-order chi connectivity index (χ0) is 14.1. The molecule has 106 valence electrons. The normalized spacial score (nSPS) is 21.8. The number of hydrogen-bond donors (Lipinski definition) is 0. The largest absolute Gasteiger partial charge is 0.340 e. The van der Waals surface area contributed by atoms with E-state index in [-0.39, 0.29) is 6.03 Å². The van der Waals surface area contributed by atoms with Crippen LogP contribution in [0.25, 0.3) is 0 Å². The smallest absolute Gasteiger partial charge is 0.323 e. The number of likely N-dealkylation sites (tertiary alicyclic amines) is 1. The van der Waals surface area contributed by atoms with Crippen LogP contribution >= 0.6 is 0 Å². The molecule has 2 heterocycles. The van der Waals surface area contributed by atoms with Gasteiger partial charge in [0.1, 0.15) is 11.6 Å². The van der Waals surface area contributed by atoms with Gasteiger partial charge in [-0.3, -0.25) is 0 Å². The molecule has 1 aromatic rings. The molecule has 0 spiro atoms. The maximum absolute atomic E-state index is 13.3. The van der Waals surface area contributed by atoms with E-state index in [1.165, 1.54) is 17.1 Å². The molecular formula is C14H15F2N3O. The van der Waals surface area contributed by atoms with Crippen molar-refractivity contribution in [1.82, 2.24) is 9.91 Å². The van der Waals surface area contributed by atoms with Crippen molar-refractivity contribution >= 4 is 12.2 Å². The van der Waals surface area contributed by atoms with E-state index >= 15 is 0 Å². The van der Waals surface area contributed by atoms with Gasteiger partial charge in [0.15, 0.2) is 0 Å². The molecule has 0 aromatic heterocycles. The SMILES string of the molecule is O=C(N1CCCC1)N1N=CC[C@H]1c1cc(F)cc(F)c1. The number of urea groups is 1. The van der Waals surface area contributed by atoms with Gasteiger partial charge in [0, 0.05) is 31.8 Å². The fourth-order valence-electron chi connectivity index (χ4n) is 2.70. The fourth-order valence-corrected chi connectivity index (χ4v) is 2.70. The lowest BCUT2D eigenvalue weighted by Crippen LogP contribution is -2.39. The molecule has 0 radical (unpaired) electrons. The Bertz CT molecular complexity index is 535. The highest BCUT2D eigenvalue weighted by Gasteiger charge is 2.32. The highest BCUT2D eigenvalue weighted by molar-refractivity contribution is 5.78. The van der Waals surface area contributed by atoms with E-state index in [0.717, 1.165) is 32.0 Å². The molecular weight excluding hydrogens is 264 g/mol. The molecule has 2 aliphatic heterocycles. The minimum absolute atomic E-state index is 0.189. The first kappa shape index (κ1) is 13.0. The summed E-state index contributed by atoms with van der Waals surface area (Å²) in [5, 5.41) is 5.40. The lowest BCUT2D eigenvalue weighted by molar-refractivity contribution is 0.151. The zero-order valence-electron chi connectivity index (χ0n) is 10.9. The van der Waals surface area contributed by atoms with E-state index in [2.05, 4.69) is 5.10 Å². The van der Waals surface area contributed by atoms with Crippen molar-refractivity contribution in [3.8, 4) is 0 Å². The molecule has 0 unspecified atom stereocenters. The van der Waals surface area contributed by atoms with Gasteiger partial charge in [0.25, 0.3) is 0 Å². The van der Waals surface area contributed by atoms with Crippen LogP contribution < -0.4 is 0 Å². The van der Waals surface area contributed by atoms with E-state index in [0.29, 0.717) is 12.0 Å². The Balaban J connectivity index is 1.83. The predicted molar refractivity (Wildman–Crippen MR) is 70.3 cm³/mol. The third-order valence-electron chi connectivity index (χ3n) is 3.67. The first-order valence-electron chi connectivity index (χ1n) is 6.72. The Morgan fingerprint density at radius 2 is 1.80 bits per heavy atom. The number of benzene rings is 1. The molecule has 1 saturated heterocycles. The summed E-state index contributed by atoms with van der Waals surface area (Å²) in [6.45, 7) is 1.43. The van der Waals surface area contributed by atoms with E-state index in [9.17, 15) is 13.6 Å². The van der Waals surface area contributed by atoms with Crippen LogP contribution in [0.1, 0.15) is 30.9 Å². The van der Waals surface area contributed by atoms with Crippen molar-refractivity contribution in [2.24, 2.45) is 5.10 Å². The van der Waals surface area contributed by atoms with Crippen LogP contribution in [0.3, 0.4) is 0 Å². The molecule has 0 N–H and O–H groups in total. The molecule has 6 heteroatoms. The average molecular weight is 279 g/mol. The summed E-state index contributed by atoms with van der Waals surface area (Å²) in [5.74, 6) is -1.28. The molecule has 3 rings (SSSR count). The van der Waals surface area contributed by atoms with Crippen molar-refractivity contribution in [2.45, 2.75) is 25.3 Å². The van der Waals surface area contributed by atoms with Gasteiger partial charge in [-0.05, 0) is 30.5 Å². The maximum Gasteiger partial charge on any atom is 0.340 e. The van der Waals surface area contributed by atoms with Gasteiger partial charge in [-0.2, -0.15) is 5.10 Å². The van der Waals surface area contributed by atoms with Crippen molar-refractivity contribution in [2.75, 3.05) is 13.1 Å². The van der Waals surface area contributed by atoms with Gasteiger partial charge in [-0.15, -0.1) is 0 Å². The number of halogens is 2. The second-order valence-corrected chi connectivity index (χ2v) is 5.07. The number of amides is 2. The van der Waals surface area contributed by atoms with Crippen molar-refractivity contribution in [3.63, 3.8) is 0 Å². The number of hydrazone groups is 1. The van der Waals surface area contributed by atoms with Crippen molar-refractivity contribution < 1.29 is 13.6 Å². The number of carbonyl (C=O) groups is 1. The highest BCUT2D eigenvalue weighted by Crippen LogP contribution is 2.30. The molecule has 1 atom stereocenters. The van der Waals surface area contributed by atoms with Crippen molar-refractivity contribution in [1.29, 1.82) is 0 Å². The molecule has 0 bridgehead atoms. The van der Waals surface area contributed by atoms with Crippen LogP contribution in [0.5, 0.6) is 0 Å². The maximum atomic E-state index is 13.3. The average Bonchev–Trinajstić information content (AvgIpc) is 3.08. The van der Waals surface area contributed by atoms with Crippen LogP contribution in [0.2, 0.25) is 0 Å². The minimum Gasteiger partial charge on any atom is -0.323 e. The third-order valence-corrected chi connectivity index (χ3v) is 3.67. The van der Waals surface area contributed by atoms with Gasteiger partial charge >= 0.3 is 6.03 Å². The summed E-state index contributed by atoms with van der Waals surface area (Å²) in [5.41, 5.74) is 0.438. The lowest BCUT2D eigenvalue weighted by Gasteiger charge is -2.27. The second kappa shape index (κ2) is 5.19. The molecule has 2 aliphatic rings. The van der Waals surface area contributed by atoms with Gasteiger partial charge in [-0.1, -0.05) is 0 Å². The van der Waals surface area contributed by atoms with Crippen LogP contribution in [0.4, 0.5) is 13.6 Å². The Labute approximate surface area is 115 Å². The monoisotopic (exact) mass is 279 g/mol. The molecule has 2 amide bonds. The van der Waals surface area contributed by atoms with E-state index in [4.69, 9.17) is 0 Å². The Hall–Kier alpha value is -1.98. The highest BCUT2D eigenvalue weighted by atomic mass is 19.1. The Kier molecular flexibility index (Phi) is 3.38. The molecule has 20 heavy (non-hydrogen) atoms. The first-order chi connectivity index (χ1) is 9.65. The number of rotatable bonds is 1. The van der Waals surface area contributed by atoms with Gasteiger partial charge in [0.05, 0.1) is 6.04 Å². The van der Waals surface area contributed by atoms with E-state index < -0.39 is 17.7 Å². The number of carbonyl (C=O) groups excluding carboxylic acids is 1. The predicted octanol–water partition coefficient (Wildman–Crippen LogP) is 2.91. The molecule has 1 fully saturated rings. The fraction of sp³-hybridized carbons (Fsp3) is 0.429. The van der Waals surface area contributed by atoms with E-state index in [1.54, 1.807) is 11.1 Å². The summed E-state index contributed by atoms with van der Waals surface area (Å²) in [7, 11) is 0. The third kappa shape index (κ3) is 2.37. The van der Waals surface area contributed by atoms with Crippen LogP contribution in [-0.4, -0.2) is 35.2 Å². The van der Waals surface area contributed by atoms with Crippen molar-refractivity contribution in [3.05, 3.63) is 35.4 Å². The molecule has 0 saturated carbocycles.